The first kappa shape index (κ1) is 16.3. The number of nitrogens with one attached hydrogen (secondary N) is 1. The van der Waals surface area contributed by atoms with Crippen LogP contribution in [0.2, 0.25) is 0 Å². The van der Waals surface area contributed by atoms with Crippen molar-refractivity contribution in [1.29, 1.82) is 0 Å². The molecule has 21 heavy (non-hydrogen) atoms. The SMILES string of the molecule is C=CCC[C@@H](c1cc(Br)cc(OC)c1O)N1CCNCC1. The molecule has 2 rings (SSSR count). The fourth-order valence-electron chi connectivity index (χ4n) is 2.81. The molecule has 0 amide bonds. The first-order valence-corrected chi connectivity index (χ1v) is 8.08. The molecule has 1 aromatic carbocycles. The molecule has 1 heterocycles. The molecule has 0 bridgehead atoms. The Kier molecular flexibility index (Phi) is 6.08. The van der Waals surface area contributed by atoms with Crippen molar-refractivity contribution in [1.82, 2.24) is 10.2 Å². The van der Waals surface area contributed by atoms with Crippen LogP contribution in [0.15, 0.2) is 29.3 Å². The molecule has 1 atom stereocenters. The highest BCUT2D eigenvalue weighted by Gasteiger charge is 2.25. The van der Waals surface area contributed by atoms with Crippen molar-refractivity contribution >= 4 is 15.9 Å². The summed E-state index contributed by atoms with van der Waals surface area (Å²) in [6.45, 7) is 7.75. The summed E-state index contributed by atoms with van der Waals surface area (Å²) in [5.41, 5.74) is 0.921. The fourth-order valence-corrected chi connectivity index (χ4v) is 3.26. The molecule has 2 N–H and O–H groups in total. The summed E-state index contributed by atoms with van der Waals surface area (Å²) in [5, 5.41) is 13.9. The largest absolute Gasteiger partial charge is 0.504 e. The van der Waals surface area contributed by atoms with Gasteiger partial charge in [0.05, 0.1) is 7.11 Å². The molecular formula is C16H23BrN2O2. The molecule has 4 nitrogen and oxygen atoms in total. The Labute approximate surface area is 134 Å². The zero-order valence-electron chi connectivity index (χ0n) is 12.4. The van der Waals surface area contributed by atoms with Gasteiger partial charge >= 0.3 is 0 Å². The maximum absolute atomic E-state index is 10.5. The summed E-state index contributed by atoms with van der Waals surface area (Å²) >= 11 is 3.51. The number of phenolic OH excluding ortho intramolecular Hbond substituents is 1. The average molecular weight is 355 g/mol. The van der Waals surface area contributed by atoms with Crippen LogP contribution in [0.3, 0.4) is 0 Å². The van der Waals surface area contributed by atoms with Crippen molar-refractivity contribution in [2.75, 3.05) is 33.3 Å². The van der Waals surface area contributed by atoms with Crippen LogP contribution in [0.4, 0.5) is 0 Å². The van der Waals surface area contributed by atoms with Gasteiger partial charge in [-0.3, -0.25) is 4.90 Å². The van der Waals surface area contributed by atoms with Gasteiger partial charge < -0.3 is 15.2 Å². The number of nitrogens with zero attached hydrogens (tertiary/aromatic N) is 1. The van der Waals surface area contributed by atoms with Crippen molar-refractivity contribution in [3.8, 4) is 11.5 Å². The Morgan fingerprint density at radius 3 is 2.81 bits per heavy atom. The highest BCUT2D eigenvalue weighted by atomic mass is 79.9. The van der Waals surface area contributed by atoms with Gasteiger partial charge in [0.1, 0.15) is 0 Å². The number of methoxy groups -OCH3 is 1. The highest BCUT2D eigenvalue weighted by molar-refractivity contribution is 9.10. The van der Waals surface area contributed by atoms with E-state index in [9.17, 15) is 5.11 Å². The van der Waals surface area contributed by atoms with Crippen LogP contribution in [0.1, 0.15) is 24.4 Å². The van der Waals surface area contributed by atoms with E-state index >= 15 is 0 Å². The van der Waals surface area contributed by atoms with Crippen LogP contribution < -0.4 is 10.1 Å². The molecule has 1 aromatic rings. The number of hydrogen-bond donors (Lipinski definition) is 2. The number of hydrogen-bond acceptors (Lipinski definition) is 4. The number of piperazine rings is 1. The van der Waals surface area contributed by atoms with E-state index < -0.39 is 0 Å². The lowest BCUT2D eigenvalue weighted by atomic mass is 9.98. The van der Waals surface area contributed by atoms with E-state index in [-0.39, 0.29) is 11.8 Å². The minimum absolute atomic E-state index is 0.177. The molecule has 0 spiro atoms. The summed E-state index contributed by atoms with van der Waals surface area (Å²) in [6.07, 6.45) is 3.79. The van der Waals surface area contributed by atoms with E-state index in [2.05, 4.69) is 32.7 Å². The minimum Gasteiger partial charge on any atom is -0.504 e. The Hall–Kier alpha value is -1.04. The molecule has 1 aliphatic heterocycles. The van der Waals surface area contributed by atoms with Crippen LogP contribution in [-0.2, 0) is 0 Å². The topological polar surface area (TPSA) is 44.7 Å². The Bertz CT molecular complexity index is 487. The van der Waals surface area contributed by atoms with E-state index in [4.69, 9.17) is 4.74 Å². The smallest absolute Gasteiger partial charge is 0.162 e. The van der Waals surface area contributed by atoms with Crippen LogP contribution in [0.5, 0.6) is 11.5 Å². The van der Waals surface area contributed by atoms with Crippen molar-refractivity contribution in [2.45, 2.75) is 18.9 Å². The van der Waals surface area contributed by atoms with Gasteiger partial charge in [-0.2, -0.15) is 0 Å². The van der Waals surface area contributed by atoms with Crippen LogP contribution in [-0.4, -0.2) is 43.3 Å². The molecule has 5 heteroatoms. The average Bonchev–Trinajstić information content (AvgIpc) is 2.51. The third-order valence-electron chi connectivity index (χ3n) is 3.88. The van der Waals surface area contributed by atoms with E-state index in [0.717, 1.165) is 49.1 Å². The lowest BCUT2D eigenvalue weighted by Gasteiger charge is -2.35. The second-order valence-corrected chi connectivity index (χ2v) is 6.13. The van der Waals surface area contributed by atoms with Gasteiger partial charge in [0.2, 0.25) is 0 Å². The molecule has 1 saturated heterocycles. The Morgan fingerprint density at radius 1 is 1.48 bits per heavy atom. The lowest BCUT2D eigenvalue weighted by molar-refractivity contribution is 0.163. The van der Waals surface area contributed by atoms with Crippen molar-refractivity contribution in [3.05, 3.63) is 34.8 Å². The third-order valence-corrected chi connectivity index (χ3v) is 4.34. The summed E-state index contributed by atoms with van der Waals surface area (Å²) < 4.78 is 6.20. The second-order valence-electron chi connectivity index (χ2n) is 5.21. The van der Waals surface area contributed by atoms with E-state index in [1.54, 1.807) is 13.2 Å². The van der Waals surface area contributed by atoms with Crippen molar-refractivity contribution in [2.24, 2.45) is 0 Å². The molecule has 0 unspecified atom stereocenters. The second kappa shape index (κ2) is 7.82. The number of allylic oxidation sites excluding steroid dienone is 1. The van der Waals surface area contributed by atoms with Gasteiger partial charge in [0.25, 0.3) is 0 Å². The predicted octanol–water partition coefficient (Wildman–Crippen LogP) is 3.08. The van der Waals surface area contributed by atoms with Gasteiger partial charge in [-0.25, -0.2) is 0 Å². The van der Waals surface area contributed by atoms with Gasteiger partial charge in [-0.15, -0.1) is 6.58 Å². The maximum atomic E-state index is 10.5. The number of rotatable bonds is 6. The van der Waals surface area contributed by atoms with Crippen molar-refractivity contribution in [3.63, 3.8) is 0 Å². The van der Waals surface area contributed by atoms with E-state index in [0.29, 0.717) is 5.75 Å². The normalized spacial score (nSPS) is 17.4. The van der Waals surface area contributed by atoms with E-state index in [1.807, 2.05) is 12.1 Å². The molecular weight excluding hydrogens is 332 g/mol. The first-order chi connectivity index (χ1) is 10.2. The Balaban J connectivity index is 2.34. The lowest BCUT2D eigenvalue weighted by Crippen LogP contribution is -2.45. The van der Waals surface area contributed by atoms with Crippen LogP contribution in [0, 0.1) is 0 Å². The quantitative estimate of drug-likeness (QED) is 0.770. The van der Waals surface area contributed by atoms with Crippen LogP contribution in [0.25, 0.3) is 0 Å². The molecule has 116 valence electrons. The summed E-state index contributed by atoms with van der Waals surface area (Å²) in [6, 6.07) is 3.96. The molecule has 0 aromatic heterocycles. The number of benzene rings is 1. The number of phenols is 1. The molecule has 0 radical (unpaired) electrons. The predicted molar refractivity (Wildman–Crippen MR) is 89.0 cm³/mol. The van der Waals surface area contributed by atoms with Gasteiger partial charge in [0.15, 0.2) is 11.5 Å². The fraction of sp³-hybridized carbons (Fsp3) is 0.500. The molecule has 1 fully saturated rings. The zero-order valence-corrected chi connectivity index (χ0v) is 14.0. The van der Waals surface area contributed by atoms with Gasteiger partial charge in [-0.1, -0.05) is 22.0 Å². The highest BCUT2D eigenvalue weighted by Crippen LogP contribution is 2.40. The third kappa shape index (κ3) is 3.99. The standard InChI is InChI=1S/C16H23BrN2O2/c1-3-4-5-14(19-8-6-18-7-9-19)13-10-12(17)11-15(21-2)16(13)20/h3,10-11,14,18,20H,1,4-9H2,2H3/t14-/m0/s1. The number of ether oxygens (including phenoxy) is 1. The monoisotopic (exact) mass is 354 g/mol. The molecule has 0 saturated carbocycles. The number of aromatic hydroxyl groups is 1. The van der Waals surface area contributed by atoms with Crippen LogP contribution >= 0.6 is 15.9 Å². The molecule has 1 aliphatic rings. The summed E-state index contributed by atoms with van der Waals surface area (Å²) in [5.74, 6) is 0.756. The molecule has 0 aliphatic carbocycles. The van der Waals surface area contributed by atoms with E-state index in [1.165, 1.54) is 0 Å². The van der Waals surface area contributed by atoms with Gasteiger partial charge in [-0.05, 0) is 25.0 Å². The maximum Gasteiger partial charge on any atom is 0.162 e. The summed E-state index contributed by atoms with van der Waals surface area (Å²) in [7, 11) is 1.58. The number of halogens is 1. The van der Waals surface area contributed by atoms with Gasteiger partial charge in [0, 0.05) is 42.3 Å². The summed E-state index contributed by atoms with van der Waals surface area (Å²) in [4.78, 5) is 2.42. The first-order valence-electron chi connectivity index (χ1n) is 7.29. The zero-order chi connectivity index (χ0) is 15.2. The van der Waals surface area contributed by atoms with Crippen molar-refractivity contribution < 1.29 is 9.84 Å². The Morgan fingerprint density at radius 2 is 2.19 bits per heavy atom. The minimum atomic E-state index is 0.177.